The van der Waals surface area contributed by atoms with Crippen molar-refractivity contribution in [1.82, 2.24) is 4.98 Å². The van der Waals surface area contributed by atoms with Crippen LogP contribution in [0.3, 0.4) is 0 Å². The number of benzene rings is 3. The van der Waals surface area contributed by atoms with E-state index in [4.69, 9.17) is 6.57 Å². The van der Waals surface area contributed by atoms with Gasteiger partial charge in [0.15, 0.2) is 11.5 Å². The van der Waals surface area contributed by atoms with Crippen LogP contribution in [-0.2, 0) is 24.9 Å². The molecule has 0 atom stereocenters. The number of nitrogens with zero attached hydrogens (tertiary/aromatic N) is 2. The molecule has 4 nitrogen and oxygen atoms in total. The molecule has 2 saturated carbocycles. The Hall–Kier alpha value is -3.32. The Bertz CT molecular complexity index is 1600. The number of ketones is 1. The van der Waals surface area contributed by atoms with Crippen LogP contribution in [0.2, 0.25) is 0 Å². The van der Waals surface area contributed by atoms with Crippen LogP contribution in [0.1, 0.15) is 75.3 Å². The van der Waals surface area contributed by atoms with Crippen molar-refractivity contribution >= 4 is 33.0 Å². The summed E-state index contributed by atoms with van der Waals surface area (Å²) in [5.41, 5.74) is 4.97. The number of fused-ring (bicyclic) bond motifs is 3. The maximum absolute atomic E-state index is 12.0. The Balaban J connectivity index is 0.000000200. The molecule has 1 aromatic heterocycles. The summed E-state index contributed by atoms with van der Waals surface area (Å²) in [7, 11) is 0. The average molecular weight is 736 g/mol. The van der Waals surface area contributed by atoms with Crippen molar-refractivity contribution in [3.63, 3.8) is 0 Å². The summed E-state index contributed by atoms with van der Waals surface area (Å²) in [6.45, 7) is 11.3. The average Bonchev–Trinajstić information content (AvgIpc) is 3.01. The minimum absolute atomic E-state index is 0. The van der Waals surface area contributed by atoms with E-state index in [1.165, 1.54) is 44.1 Å². The Morgan fingerprint density at radius 3 is 2.21 bits per heavy atom. The molecule has 42 heavy (non-hydrogen) atoms. The van der Waals surface area contributed by atoms with Gasteiger partial charge in [0.2, 0.25) is 0 Å². The van der Waals surface area contributed by atoms with Crippen molar-refractivity contribution in [3.05, 3.63) is 95.2 Å². The molecule has 0 bridgehead atoms. The summed E-state index contributed by atoms with van der Waals surface area (Å²) >= 11 is 0. The third-order valence-electron chi connectivity index (χ3n) is 8.60. The summed E-state index contributed by atoms with van der Waals surface area (Å²) in [6, 6.07) is 19.7. The number of aryl methyl sites for hydroxylation is 2. The molecule has 0 unspecified atom stereocenters. The minimum Gasteiger partial charge on any atom is -0.512 e. The number of aliphatic hydroxyl groups excluding tert-OH is 1. The first-order valence-corrected chi connectivity index (χ1v) is 15.1. The van der Waals surface area contributed by atoms with Crippen LogP contribution in [-0.4, -0.2) is 15.9 Å². The maximum Gasteiger partial charge on any atom is 0.187 e. The summed E-state index contributed by atoms with van der Waals surface area (Å²) in [5, 5.41) is 14.5. The maximum atomic E-state index is 12.0. The Morgan fingerprint density at radius 1 is 0.881 bits per heavy atom. The van der Waals surface area contributed by atoms with E-state index in [0.717, 1.165) is 64.0 Å². The molecule has 0 spiro atoms. The number of carbonyl (C=O) groups excluding carboxylic acids is 1. The van der Waals surface area contributed by atoms with E-state index < -0.39 is 0 Å². The second-order valence-electron chi connectivity index (χ2n) is 11.7. The standard InChI is InChI=1S/C22H15N2.C15H24O2.Ir/c1-14-10-15(2)12-17(11-14)22-21-6-4-16-13-18(23-3)5-7-19(16)20(21)8-9-24-22;16-14(12-7-3-1-4-8-12)11-15(17)13-9-5-2-6-10-13;/h4-11,13H,1-2H3;11-13,16H,1-10H2;/q-1;;/b;14-11-;. The monoisotopic (exact) mass is 736 g/mol. The van der Waals surface area contributed by atoms with Crippen molar-refractivity contribution in [2.24, 2.45) is 11.8 Å². The van der Waals surface area contributed by atoms with Gasteiger partial charge in [-0.15, -0.1) is 34.9 Å². The van der Waals surface area contributed by atoms with Crippen molar-refractivity contribution in [1.29, 1.82) is 0 Å². The zero-order valence-corrected chi connectivity index (χ0v) is 27.0. The van der Waals surface area contributed by atoms with Gasteiger partial charge in [0.25, 0.3) is 0 Å². The topological polar surface area (TPSA) is 54.5 Å². The van der Waals surface area contributed by atoms with Gasteiger partial charge in [-0.25, -0.2) is 4.85 Å². The predicted octanol–water partition coefficient (Wildman–Crippen LogP) is 10.2. The van der Waals surface area contributed by atoms with Gasteiger partial charge in [-0.05, 0) is 65.1 Å². The molecule has 2 aliphatic rings. The Morgan fingerprint density at radius 2 is 1.55 bits per heavy atom. The van der Waals surface area contributed by atoms with Crippen LogP contribution in [0.4, 0.5) is 5.69 Å². The summed E-state index contributed by atoms with van der Waals surface area (Å²) in [5.74, 6) is 0.985. The van der Waals surface area contributed by atoms with E-state index >= 15 is 0 Å². The van der Waals surface area contributed by atoms with Crippen molar-refractivity contribution in [3.8, 4) is 11.3 Å². The largest absolute Gasteiger partial charge is 0.512 e. The summed E-state index contributed by atoms with van der Waals surface area (Å²) in [6.07, 6.45) is 14.8. The zero-order valence-electron chi connectivity index (χ0n) is 24.6. The fourth-order valence-electron chi connectivity index (χ4n) is 6.46. The van der Waals surface area contributed by atoms with E-state index in [-0.39, 0.29) is 37.7 Å². The van der Waals surface area contributed by atoms with Gasteiger partial charge in [0.1, 0.15) is 0 Å². The fourth-order valence-corrected chi connectivity index (χ4v) is 6.46. The van der Waals surface area contributed by atoms with Gasteiger partial charge in [-0.1, -0.05) is 76.6 Å². The van der Waals surface area contributed by atoms with E-state index in [2.05, 4.69) is 54.0 Å². The molecule has 0 aliphatic heterocycles. The van der Waals surface area contributed by atoms with Gasteiger partial charge in [0.05, 0.1) is 12.3 Å². The third kappa shape index (κ3) is 7.54. The smallest absolute Gasteiger partial charge is 0.187 e. The van der Waals surface area contributed by atoms with E-state index in [0.29, 0.717) is 11.4 Å². The number of hydrogen-bond acceptors (Lipinski definition) is 3. The number of pyridine rings is 1. The van der Waals surface area contributed by atoms with Crippen molar-refractivity contribution in [2.45, 2.75) is 78.1 Å². The molecule has 5 heteroatoms. The number of rotatable bonds is 4. The van der Waals surface area contributed by atoms with Gasteiger partial charge >= 0.3 is 0 Å². The van der Waals surface area contributed by atoms with Crippen LogP contribution < -0.4 is 0 Å². The van der Waals surface area contributed by atoms with Gasteiger partial charge < -0.3 is 10.1 Å². The molecule has 4 aromatic rings. The first kappa shape index (κ1) is 31.6. The quantitative estimate of drug-likeness (QED) is 0.0983. The normalized spacial score (nSPS) is 16.3. The molecule has 0 saturated heterocycles. The number of carbonyl (C=O) groups is 1. The second kappa shape index (κ2) is 14.7. The number of hydrogen-bond donors (Lipinski definition) is 1. The number of allylic oxidation sites excluding steroid dienone is 2. The van der Waals surface area contributed by atoms with E-state index in [1.807, 2.05) is 30.5 Å². The van der Waals surface area contributed by atoms with Gasteiger partial charge in [-0.2, -0.15) is 0 Å². The van der Waals surface area contributed by atoms with E-state index in [1.54, 1.807) is 6.08 Å². The number of aromatic nitrogens is 1. The third-order valence-corrected chi connectivity index (χ3v) is 8.60. The van der Waals surface area contributed by atoms with Crippen LogP contribution >= 0.6 is 0 Å². The molecule has 1 radical (unpaired) electrons. The molecular weight excluding hydrogens is 697 g/mol. The minimum atomic E-state index is 0. The molecule has 2 fully saturated rings. The van der Waals surface area contributed by atoms with Crippen LogP contribution in [0.25, 0.3) is 37.6 Å². The molecule has 1 N–H and O–H groups in total. The number of aliphatic hydroxyl groups is 1. The van der Waals surface area contributed by atoms with Crippen molar-refractivity contribution < 1.29 is 30.0 Å². The fraction of sp³-hybridized carbons (Fsp3) is 0.378. The van der Waals surface area contributed by atoms with Crippen LogP contribution in [0, 0.1) is 38.3 Å². The van der Waals surface area contributed by atoms with Crippen LogP contribution in [0.5, 0.6) is 0 Å². The second-order valence-corrected chi connectivity index (χ2v) is 11.7. The van der Waals surface area contributed by atoms with Gasteiger partial charge in [-0.3, -0.25) is 4.79 Å². The van der Waals surface area contributed by atoms with Gasteiger partial charge in [0, 0.05) is 44.2 Å². The molecule has 1 heterocycles. The SMILES string of the molecule is O=C(/C=C(\O)C1CCCCC1)C1CCCCC1.[C-]#[N+]c1ccc2c(ccc3c(-c4[c-]c(C)cc(C)c4)nccc32)c1.[Ir]. The molecule has 6 rings (SSSR count). The first-order chi connectivity index (χ1) is 19.9. The molecule has 0 amide bonds. The summed E-state index contributed by atoms with van der Waals surface area (Å²) < 4.78 is 0. The van der Waals surface area contributed by atoms with Crippen LogP contribution in [0.15, 0.2) is 66.6 Å². The van der Waals surface area contributed by atoms with Crippen molar-refractivity contribution in [2.75, 3.05) is 0 Å². The first-order valence-electron chi connectivity index (χ1n) is 15.1. The van der Waals surface area contributed by atoms with E-state index in [9.17, 15) is 9.90 Å². The predicted molar refractivity (Wildman–Crippen MR) is 168 cm³/mol. The molecular formula is C37H39IrN2O2-. The molecule has 3 aromatic carbocycles. The Labute approximate surface area is 263 Å². The zero-order chi connectivity index (χ0) is 28.8. The summed E-state index contributed by atoms with van der Waals surface area (Å²) in [4.78, 5) is 20.2. The molecule has 2 aliphatic carbocycles. The molecule has 219 valence electrons. The Kier molecular flexibility index (Phi) is 11.1.